The van der Waals surface area contributed by atoms with Gasteiger partial charge in [-0.2, -0.15) is 0 Å². The number of nitro groups is 1. The summed E-state index contributed by atoms with van der Waals surface area (Å²) in [6.45, 7) is 2.01. The molecule has 0 aliphatic carbocycles. The van der Waals surface area contributed by atoms with Crippen molar-refractivity contribution in [2.24, 2.45) is 0 Å². The van der Waals surface area contributed by atoms with Crippen LogP contribution in [0.3, 0.4) is 0 Å². The third kappa shape index (κ3) is 3.43. The average molecular weight is 266 g/mol. The number of carbonyl (C=O) groups excluding carboxylic acids is 1. The molecular weight excluding hydrogens is 248 g/mol. The molecule has 104 valence electrons. The SMILES string of the molecule is CCCCC(C(=O)OC)c1cccc([N+](=O)[O-])c1N. The Hall–Kier alpha value is -2.11. The molecule has 0 bridgehead atoms. The van der Waals surface area contributed by atoms with Gasteiger partial charge in [-0.05, 0) is 12.0 Å². The standard InChI is InChI=1S/C13H18N2O4/c1-3-4-6-10(13(16)19-2)9-7-5-8-11(12(9)14)15(17)18/h5,7-8,10H,3-4,6,14H2,1-2H3. The summed E-state index contributed by atoms with van der Waals surface area (Å²) in [5, 5.41) is 10.9. The maximum atomic E-state index is 11.8. The first kappa shape index (κ1) is 14.9. The molecule has 0 aromatic heterocycles. The number of esters is 1. The summed E-state index contributed by atoms with van der Waals surface area (Å²) in [4.78, 5) is 22.1. The second kappa shape index (κ2) is 6.72. The minimum Gasteiger partial charge on any atom is -0.469 e. The Kier molecular flexibility index (Phi) is 5.29. The molecule has 6 nitrogen and oxygen atoms in total. The van der Waals surface area contributed by atoms with Crippen LogP contribution in [0.15, 0.2) is 18.2 Å². The first-order chi connectivity index (χ1) is 9.02. The zero-order chi connectivity index (χ0) is 14.4. The van der Waals surface area contributed by atoms with E-state index in [1.807, 2.05) is 6.92 Å². The van der Waals surface area contributed by atoms with Crippen LogP contribution < -0.4 is 5.73 Å². The Morgan fingerprint density at radius 3 is 2.74 bits per heavy atom. The molecule has 6 heteroatoms. The minimum absolute atomic E-state index is 0.0407. The highest BCUT2D eigenvalue weighted by atomic mass is 16.6. The second-order valence-corrected chi connectivity index (χ2v) is 4.26. The number of hydrogen-bond donors (Lipinski definition) is 1. The number of nitrogens with two attached hydrogens (primary N) is 1. The van der Waals surface area contributed by atoms with Crippen molar-refractivity contribution in [3.8, 4) is 0 Å². The molecule has 19 heavy (non-hydrogen) atoms. The van der Waals surface area contributed by atoms with E-state index in [9.17, 15) is 14.9 Å². The molecule has 0 fully saturated rings. The molecule has 0 radical (unpaired) electrons. The van der Waals surface area contributed by atoms with E-state index in [0.717, 1.165) is 12.8 Å². The van der Waals surface area contributed by atoms with Crippen molar-refractivity contribution in [1.29, 1.82) is 0 Å². The lowest BCUT2D eigenvalue weighted by Crippen LogP contribution is -2.16. The zero-order valence-electron chi connectivity index (χ0n) is 11.1. The van der Waals surface area contributed by atoms with Gasteiger partial charge in [-0.3, -0.25) is 14.9 Å². The number of hydrogen-bond acceptors (Lipinski definition) is 5. The summed E-state index contributed by atoms with van der Waals surface area (Å²) in [7, 11) is 1.30. The summed E-state index contributed by atoms with van der Waals surface area (Å²) in [6, 6.07) is 4.50. The molecular formula is C13H18N2O4. The van der Waals surface area contributed by atoms with Crippen molar-refractivity contribution in [3.05, 3.63) is 33.9 Å². The number of anilines is 1. The molecule has 0 spiro atoms. The number of nitrogen functional groups attached to an aromatic ring is 1. The smallest absolute Gasteiger partial charge is 0.313 e. The highest BCUT2D eigenvalue weighted by Crippen LogP contribution is 2.33. The Morgan fingerprint density at radius 2 is 2.21 bits per heavy atom. The van der Waals surface area contributed by atoms with Crippen molar-refractivity contribution >= 4 is 17.3 Å². The molecule has 0 saturated carbocycles. The van der Waals surface area contributed by atoms with Gasteiger partial charge in [0.15, 0.2) is 0 Å². The van der Waals surface area contributed by atoms with Crippen LogP contribution in [-0.2, 0) is 9.53 Å². The van der Waals surface area contributed by atoms with Crippen LogP contribution in [0.1, 0.15) is 37.7 Å². The molecule has 1 atom stereocenters. The monoisotopic (exact) mass is 266 g/mol. The summed E-state index contributed by atoms with van der Waals surface area (Å²) in [6.07, 6.45) is 2.30. The normalized spacial score (nSPS) is 11.9. The average Bonchev–Trinajstić information content (AvgIpc) is 2.39. The fraction of sp³-hybridized carbons (Fsp3) is 0.462. The van der Waals surface area contributed by atoms with E-state index in [1.165, 1.54) is 19.2 Å². The van der Waals surface area contributed by atoms with Gasteiger partial charge < -0.3 is 10.5 Å². The Labute approximate surface area is 111 Å². The largest absolute Gasteiger partial charge is 0.469 e. The minimum atomic E-state index is -0.551. The molecule has 1 aromatic rings. The zero-order valence-corrected chi connectivity index (χ0v) is 11.1. The summed E-state index contributed by atoms with van der Waals surface area (Å²) >= 11 is 0. The van der Waals surface area contributed by atoms with Crippen molar-refractivity contribution in [1.82, 2.24) is 0 Å². The predicted molar refractivity (Wildman–Crippen MR) is 71.8 cm³/mol. The van der Waals surface area contributed by atoms with E-state index in [4.69, 9.17) is 10.5 Å². The lowest BCUT2D eigenvalue weighted by Gasteiger charge is -2.16. The molecule has 0 aliphatic heterocycles. The van der Waals surface area contributed by atoms with Crippen LogP contribution >= 0.6 is 0 Å². The van der Waals surface area contributed by atoms with E-state index in [1.54, 1.807) is 6.07 Å². The molecule has 1 aromatic carbocycles. The van der Waals surface area contributed by atoms with E-state index < -0.39 is 16.8 Å². The van der Waals surface area contributed by atoms with E-state index in [0.29, 0.717) is 12.0 Å². The fourth-order valence-electron chi connectivity index (χ4n) is 1.98. The van der Waals surface area contributed by atoms with Crippen LogP contribution in [0, 0.1) is 10.1 Å². The summed E-state index contributed by atoms with van der Waals surface area (Å²) in [5.74, 6) is -0.967. The van der Waals surface area contributed by atoms with Gasteiger partial charge in [0, 0.05) is 6.07 Å². The van der Waals surface area contributed by atoms with Crippen LogP contribution in [0.2, 0.25) is 0 Å². The number of methoxy groups -OCH3 is 1. The van der Waals surface area contributed by atoms with Crippen molar-refractivity contribution in [3.63, 3.8) is 0 Å². The fourth-order valence-corrected chi connectivity index (χ4v) is 1.98. The van der Waals surface area contributed by atoms with Crippen LogP contribution in [0.4, 0.5) is 11.4 Å². The number of nitro benzene ring substituents is 1. The molecule has 0 aliphatic rings. The molecule has 2 N–H and O–H groups in total. The summed E-state index contributed by atoms with van der Waals surface area (Å²) < 4.78 is 4.75. The van der Waals surface area contributed by atoms with Gasteiger partial charge in [0.25, 0.3) is 5.69 Å². The topological polar surface area (TPSA) is 95.5 Å². The van der Waals surface area contributed by atoms with Gasteiger partial charge in [-0.15, -0.1) is 0 Å². The van der Waals surface area contributed by atoms with Gasteiger partial charge in [0.05, 0.1) is 18.0 Å². The second-order valence-electron chi connectivity index (χ2n) is 4.26. The quantitative estimate of drug-likeness (QED) is 0.369. The highest BCUT2D eigenvalue weighted by molar-refractivity contribution is 5.82. The Bertz CT molecular complexity index is 474. The predicted octanol–water partition coefficient (Wildman–Crippen LogP) is 2.62. The number of ether oxygens (including phenoxy) is 1. The number of rotatable bonds is 6. The van der Waals surface area contributed by atoms with Crippen molar-refractivity contribution in [2.45, 2.75) is 32.1 Å². The maximum absolute atomic E-state index is 11.8. The number of carbonyl (C=O) groups is 1. The lowest BCUT2D eigenvalue weighted by atomic mass is 9.92. The lowest BCUT2D eigenvalue weighted by molar-refractivity contribution is -0.383. The van der Waals surface area contributed by atoms with Crippen LogP contribution in [0.5, 0.6) is 0 Å². The summed E-state index contributed by atoms with van der Waals surface area (Å²) in [5.41, 5.74) is 6.13. The number of nitrogens with zero attached hydrogens (tertiary/aromatic N) is 1. The van der Waals surface area contributed by atoms with Gasteiger partial charge in [0.2, 0.25) is 0 Å². The number of unbranched alkanes of at least 4 members (excludes halogenated alkanes) is 1. The first-order valence-electron chi connectivity index (χ1n) is 6.13. The number of benzene rings is 1. The van der Waals surface area contributed by atoms with Gasteiger partial charge in [-0.25, -0.2) is 0 Å². The van der Waals surface area contributed by atoms with E-state index >= 15 is 0 Å². The highest BCUT2D eigenvalue weighted by Gasteiger charge is 2.26. The third-order valence-corrected chi connectivity index (χ3v) is 3.02. The number of para-hydroxylation sites is 1. The molecule has 0 amide bonds. The maximum Gasteiger partial charge on any atom is 0.313 e. The Morgan fingerprint density at radius 1 is 1.53 bits per heavy atom. The van der Waals surface area contributed by atoms with Crippen LogP contribution in [-0.4, -0.2) is 18.0 Å². The molecule has 0 saturated heterocycles. The molecule has 1 rings (SSSR count). The Balaban J connectivity index is 3.18. The van der Waals surface area contributed by atoms with Gasteiger partial charge in [0.1, 0.15) is 5.69 Å². The van der Waals surface area contributed by atoms with Crippen LogP contribution in [0.25, 0.3) is 0 Å². The van der Waals surface area contributed by atoms with E-state index in [-0.39, 0.29) is 11.4 Å². The third-order valence-electron chi connectivity index (χ3n) is 3.02. The molecule has 0 heterocycles. The van der Waals surface area contributed by atoms with Crippen molar-refractivity contribution < 1.29 is 14.5 Å². The first-order valence-corrected chi connectivity index (χ1v) is 6.13. The molecule has 1 unspecified atom stereocenters. The van der Waals surface area contributed by atoms with Gasteiger partial charge >= 0.3 is 5.97 Å². The van der Waals surface area contributed by atoms with E-state index in [2.05, 4.69) is 0 Å². The van der Waals surface area contributed by atoms with Crippen molar-refractivity contribution in [2.75, 3.05) is 12.8 Å². The van der Waals surface area contributed by atoms with Gasteiger partial charge in [-0.1, -0.05) is 31.9 Å².